The first kappa shape index (κ1) is 30.9. The van der Waals surface area contributed by atoms with Gasteiger partial charge in [-0.2, -0.15) is 4.98 Å². The molecule has 3 aliphatic rings. The summed E-state index contributed by atoms with van der Waals surface area (Å²) in [6.45, 7) is 6.20. The Labute approximate surface area is 255 Å². The second-order valence-corrected chi connectivity index (χ2v) is 11.5. The van der Waals surface area contributed by atoms with E-state index in [0.29, 0.717) is 11.5 Å². The lowest BCUT2D eigenvalue weighted by atomic mass is 9.88. The highest BCUT2D eigenvalue weighted by Crippen LogP contribution is 2.45. The summed E-state index contributed by atoms with van der Waals surface area (Å²) in [6.07, 6.45) is 4.70. The molecule has 1 aliphatic heterocycles. The van der Waals surface area contributed by atoms with Gasteiger partial charge in [0.25, 0.3) is 0 Å². The molecular formula is C32H38FN7O4. The van der Waals surface area contributed by atoms with Crippen molar-refractivity contribution in [1.82, 2.24) is 14.9 Å². The molecular weight excluding hydrogens is 565 g/mol. The molecule has 2 aromatic carbocycles. The minimum absolute atomic E-state index is 0.0791. The number of hydrogen-bond donors (Lipinski definition) is 5. The molecule has 3 aromatic rings. The largest absolute Gasteiger partial charge is 0.479 e. The van der Waals surface area contributed by atoms with Crippen LogP contribution in [0.4, 0.5) is 27.5 Å². The summed E-state index contributed by atoms with van der Waals surface area (Å²) in [5.74, 6) is -1.90. The number of aliphatic carboxylic acids is 1. The van der Waals surface area contributed by atoms with Crippen LogP contribution in [0, 0.1) is 30.5 Å². The van der Waals surface area contributed by atoms with Crippen molar-refractivity contribution < 1.29 is 24.2 Å². The van der Waals surface area contributed by atoms with Crippen LogP contribution < -0.4 is 21.3 Å². The van der Waals surface area contributed by atoms with E-state index >= 15 is 0 Å². The minimum Gasteiger partial charge on any atom is -0.479 e. The van der Waals surface area contributed by atoms with E-state index in [1.807, 2.05) is 12.1 Å². The molecule has 1 saturated heterocycles. The fourth-order valence-electron chi connectivity index (χ4n) is 6.14. The van der Waals surface area contributed by atoms with Crippen LogP contribution in [-0.2, 0) is 9.59 Å². The third-order valence-corrected chi connectivity index (χ3v) is 8.48. The number of benzene rings is 2. The highest BCUT2D eigenvalue weighted by atomic mass is 19.1. The standard InChI is InChI=1S/C24H30FN7O.C8H8O3/c1-14-11-17(5-6-19(14)32-9-7-31(2)8-10-32)28-24-27-13-18(25)23(30-24)29-21-16-4-3-15(12-16)20(21)22(26)33;9-7(8(10)11)6-4-2-1-3-5-6/h3-6,11,13,15-16,20-21H,7-10,12H2,1-2H3,(H2,26,33)(H2,27,28,29,30);1-5,7,9H,(H,10,11)/t15-,16+,20+,21-;7-/m10/s1. The number of aryl methyl sites for hydroxylation is 1. The number of aliphatic hydroxyl groups excluding tert-OH is 1. The molecule has 2 fully saturated rings. The lowest BCUT2D eigenvalue weighted by molar-refractivity contribution is -0.147. The van der Waals surface area contributed by atoms with Crippen molar-refractivity contribution >= 4 is 35.0 Å². The first-order valence-electron chi connectivity index (χ1n) is 14.6. The molecule has 1 saturated carbocycles. The summed E-state index contributed by atoms with van der Waals surface area (Å²) >= 11 is 0. The summed E-state index contributed by atoms with van der Waals surface area (Å²) in [6, 6.07) is 14.1. The highest BCUT2D eigenvalue weighted by Gasteiger charge is 2.47. The molecule has 2 aliphatic carbocycles. The van der Waals surface area contributed by atoms with Crippen LogP contribution in [0.5, 0.6) is 0 Å². The normalized spacial score (nSPS) is 23.0. The average molecular weight is 604 g/mol. The summed E-state index contributed by atoms with van der Waals surface area (Å²) in [4.78, 5) is 35.4. The molecule has 2 heterocycles. The lowest BCUT2D eigenvalue weighted by Gasteiger charge is -2.35. The molecule has 44 heavy (non-hydrogen) atoms. The van der Waals surface area contributed by atoms with Crippen molar-refractivity contribution in [1.29, 1.82) is 0 Å². The Morgan fingerprint density at radius 1 is 1.07 bits per heavy atom. The van der Waals surface area contributed by atoms with E-state index in [-0.39, 0.29) is 35.5 Å². The third kappa shape index (κ3) is 6.98. The number of allylic oxidation sites excluding steroid dienone is 1. The number of carbonyl (C=O) groups is 2. The second-order valence-electron chi connectivity index (χ2n) is 11.5. The Hall–Kier alpha value is -4.55. The molecule has 11 nitrogen and oxygen atoms in total. The van der Waals surface area contributed by atoms with Gasteiger partial charge >= 0.3 is 5.97 Å². The smallest absolute Gasteiger partial charge is 0.337 e. The van der Waals surface area contributed by atoms with Gasteiger partial charge in [0.15, 0.2) is 17.7 Å². The Morgan fingerprint density at radius 3 is 2.43 bits per heavy atom. The molecule has 0 unspecified atom stereocenters. The monoisotopic (exact) mass is 603 g/mol. The van der Waals surface area contributed by atoms with Gasteiger partial charge in [-0.1, -0.05) is 42.5 Å². The average Bonchev–Trinajstić information content (AvgIpc) is 3.62. The van der Waals surface area contributed by atoms with Gasteiger partial charge in [0.1, 0.15) is 0 Å². The van der Waals surface area contributed by atoms with Gasteiger partial charge in [-0.05, 0) is 61.6 Å². The van der Waals surface area contributed by atoms with Crippen molar-refractivity contribution in [2.45, 2.75) is 25.5 Å². The van der Waals surface area contributed by atoms with Crippen LogP contribution in [0.2, 0.25) is 0 Å². The van der Waals surface area contributed by atoms with Crippen molar-refractivity contribution in [3.63, 3.8) is 0 Å². The number of anilines is 4. The maximum absolute atomic E-state index is 14.5. The van der Waals surface area contributed by atoms with Crippen LogP contribution in [0.3, 0.4) is 0 Å². The molecule has 6 N–H and O–H groups in total. The van der Waals surface area contributed by atoms with E-state index in [0.717, 1.165) is 50.0 Å². The van der Waals surface area contributed by atoms with Crippen LogP contribution in [0.25, 0.3) is 0 Å². The van der Waals surface area contributed by atoms with Gasteiger partial charge in [0.05, 0.1) is 12.1 Å². The van der Waals surface area contributed by atoms with Gasteiger partial charge in [-0.3, -0.25) is 4.79 Å². The van der Waals surface area contributed by atoms with E-state index in [4.69, 9.17) is 15.9 Å². The fraction of sp³-hybridized carbons (Fsp3) is 0.375. The first-order chi connectivity index (χ1) is 21.1. The highest BCUT2D eigenvalue weighted by molar-refractivity contribution is 5.80. The molecule has 1 aromatic heterocycles. The number of nitrogens with one attached hydrogen (secondary N) is 2. The van der Waals surface area contributed by atoms with Crippen molar-refractivity contribution in [2.24, 2.45) is 23.5 Å². The molecule has 1 amide bonds. The van der Waals surface area contributed by atoms with Gasteiger partial charge in [0.2, 0.25) is 11.9 Å². The summed E-state index contributed by atoms with van der Waals surface area (Å²) in [7, 11) is 2.14. The number of aliphatic hydroxyl groups is 1. The van der Waals surface area contributed by atoms with Crippen LogP contribution in [0.1, 0.15) is 23.7 Å². The molecule has 0 spiro atoms. The SMILES string of the molecule is Cc1cc(Nc2ncc(F)c(N[C@H]3[C@@H](C(N)=O)[C@@H]4C=C[C@H]3C4)n2)ccc1N1CCN(C)CC1.O=C(O)[C@@H](O)c1ccccc1. The van der Waals surface area contributed by atoms with Crippen LogP contribution in [0.15, 0.2) is 66.9 Å². The van der Waals surface area contributed by atoms with Crippen molar-refractivity contribution in [3.05, 3.63) is 83.8 Å². The van der Waals surface area contributed by atoms with Crippen molar-refractivity contribution in [2.75, 3.05) is 48.8 Å². The number of halogens is 1. The summed E-state index contributed by atoms with van der Waals surface area (Å²) in [5.41, 5.74) is 9.24. The molecule has 2 bridgehead atoms. The van der Waals surface area contributed by atoms with E-state index < -0.39 is 17.9 Å². The maximum Gasteiger partial charge on any atom is 0.337 e. The lowest BCUT2D eigenvalue weighted by Crippen LogP contribution is -2.44. The number of aromatic nitrogens is 2. The Morgan fingerprint density at radius 2 is 1.77 bits per heavy atom. The van der Waals surface area contributed by atoms with E-state index in [2.05, 4.69) is 62.6 Å². The number of carboxylic acids is 1. The number of piperazine rings is 1. The number of nitrogens with zero attached hydrogens (tertiary/aromatic N) is 4. The zero-order valence-electron chi connectivity index (χ0n) is 24.7. The van der Waals surface area contributed by atoms with Crippen LogP contribution >= 0.6 is 0 Å². The molecule has 12 heteroatoms. The fourth-order valence-corrected chi connectivity index (χ4v) is 6.14. The molecule has 5 atom stereocenters. The Balaban J connectivity index is 0.000000296. The maximum atomic E-state index is 14.5. The van der Waals surface area contributed by atoms with E-state index in [1.165, 1.54) is 5.69 Å². The number of rotatable bonds is 8. The summed E-state index contributed by atoms with van der Waals surface area (Å²) in [5, 5.41) is 23.7. The predicted molar refractivity (Wildman–Crippen MR) is 166 cm³/mol. The molecule has 232 valence electrons. The number of carboxylic acid groups (broad SMARTS) is 1. The minimum atomic E-state index is -1.41. The predicted octanol–water partition coefficient (Wildman–Crippen LogP) is 3.31. The number of amides is 1. The quantitative estimate of drug-likeness (QED) is 0.242. The number of carbonyl (C=O) groups excluding carboxylic acids is 1. The zero-order valence-corrected chi connectivity index (χ0v) is 24.7. The molecule has 0 radical (unpaired) electrons. The summed E-state index contributed by atoms with van der Waals surface area (Å²) < 4.78 is 14.5. The first-order valence-corrected chi connectivity index (χ1v) is 14.6. The van der Waals surface area contributed by atoms with Gasteiger partial charge in [-0.25, -0.2) is 14.2 Å². The van der Waals surface area contributed by atoms with Gasteiger partial charge in [-0.15, -0.1) is 0 Å². The van der Waals surface area contributed by atoms with E-state index in [1.54, 1.807) is 30.3 Å². The third-order valence-electron chi connectivity index (χ3n) is 8.48. The molecule has 6 rings (SSSR count). The van der Waals surface area contributed by atoms with Crippen LogP contribution in [-0.4, -0.2) is 76.2 Å². The van der Waals surface area contributed by atoms with Gasteiger partial charge in [0, 0.05) is 43.6 Å². The second kappa shape index (κ2) is 13.4. The topological polar surface area (TPSA) is 157 Å². The van der Waals surface area contributed by atoms with Crippen molar-refractivity contribution in [3.8, 4) is 0 Å². The van der Waals surface area contributed by atoms with Gasteiger partial charge < -0.3 is 36.4 Å². The number of likely N-dealkylation sites (N-methyl/N-ethyl adjacent to an activating group) is 1. The number of primary amides is 1. The number of fused-ring (bicyclic) bond motifs is 2. The Bertz CT molecular complexity index is 1510. The Kier molecular flexibility index (Phi) is 9.40. The van der Waals surface area contributed by atoms with E-state index in [9.17, 15) is 14.0 Å². The number of nitrogens with two attached hydrogens (primary N) is 1. The zero-order chi connectivity index (χ0) is 31.4. The number of hydrogen-bond acceptors (Lipinski definition) is 9.